The van der Waals surface area contributed by atoms with Crippen LogP contribution in [0.4, 0.5) is 5.69 Å². The zero-order valence-corrected chi connectivity index (χ0v) is 18.3. The number of benzene rings is 2. The van der Waals surface area contributed by atoms with Crippen molar-refractivity contribution in [3.05, 3.63) is 58.1 Å². The van der Waals surface area contributed by atoms with Crippen LogP contribution in [-0.2, 0) is 19.6 Å². The predicted molar refractivity (Wildman–Crippen MR) is 114 cm³/mol. The Kier molecular flexibility index (Phi) is 7.36. The van der Waals surface area contributed by atoms with Crippen LogP contribution in [0.1, 0.15) is 29.6 Å². The van der Waals surface area contributed by atoms with Crippen LogP contribution in [0.15, 0.2) is 47.4 Å². The fourth-order valence-electron chi connectivity index (χ4n) is 3.01. The molecule has 2 aromatic carbocycles. The number of esters is 1. The molecule has 0 radical (unpaired) electrons. The van der Waals surface area contributed by atoms with Crippen molar-refractivity contribution < 1.29 is 22.7 Å². The molecule has 10 heteroatoms. The molecule has 0 bridgehead atoms. The van der Waals surface area contributed by atoms with E-state index in [4.69, 9.17) is 27.9 Å². The monoisotopic (exact) mass is 470 g/mol. The minimum atomic E-state index is -3.58. The van der Waals surface area contributed by atoms with Gasteiger partial charge in [-0.1, -0.05) is 29.6 Å². The molecule has 0 saturated carbocycles. The number of nitrogens with zero attached hydrogens (tertiary/aromatic N) is 1. The molecule has 1 fully saturated rings. The second-order valence-electron chi connectivity index (χ2n) is 6.74. The number of piperidine rings is 1. The number of rotatable bonds is 6. The van der Waals surface area contributed by atoms with E-state index in [1.807, 2.05) is 0 Å². The Labute approximate surface area is 185 Å². The normalized spacial score (nSPS) is 14.9. The molecule has 1 saturated heterocycles. The Morgan fingerprint density at radius 1 is 1.00 bits per heavy atom. The molecule has 3 rings (SSSR count). The van der Waals surface area contributed by atoms with Gasteiger partial charge in [-0.3, -0.25) is 4.79 Å². The van der Waals surface area contributed by atoms with Crippen molar-refractivity contribution in [3.63, 3.8) is 0 Å². The molecule has 30 heavy (non-hydrogen) atoms. The first-order valence-electron chi connectivity index (χ1n) is 9.29. The topological polar surface area (TPSA) is 92.8 Å². The van der Waals surface area contributed by atoms with Crippen molar-refractivity contribution in [3.8, 4) is 0 Å². The maximum atomic E-state index is 12.6. The SMILES string of the molecule is O=C(COC(=O)c1ccc(S(=O)(=O)N2CCCCC2)cc1)Nc1cc(Cl)ccc1Cl. The van der Waals surface area contributed by atoms with E-state index in [1.165, 1.54) is 40.7 Å². The molecule has 0 atom stereocenters. The van der Waals surface area contributed by atoms with E-state index in [0.29, 0.717) is 28.8 Å². The van der Waals surface area contributed by atoms with E-state index in [0.717, 1.165) is 19.3 Å². The molecule has 0 unspecified atom stereocenters. The lowest BCUT2D eigenvalue weighted by atomic mass is 10.2. The summed E-state index contributed by atoms with van der Waals surface area (Å²) in [6, 6.07) is 10.1. The van der Waals surface area contributed by atoms with Gasteiger partial charge in [0.1, 0.15) is 0 Å². The van der Waals surface area contributed by atoms with Crippen LogP contribution in [0, 0.1) is 0 Å². The number of carbonyl (C=O) groups is 2. The van der Waals surface area contributed by atoms with Crippen molar-refractivity contribution in [2.24, 2.45) is 0 Å². The zero-order valence-electron chi connectivity index (χ0n) is 15.9. The van der Waals surface area contributed by atoms with E-state index in [-0.39, 0.29) is 10.5 Å². The van der Waals surface area contributed by atoms with Crippen LogP contribution in [0.25, 0.3) is 0 Å². The third-order valence-electron chi connectivity index (χ3n) is 4.58. The van der Waals surface area contributed by atoms with E-state index >= 15 is 0 Å². The van der Waals surface area contributed by atoms with Crippen molar-refractivity contribution in [2.45, 2.75) is 24.2 Å². The summed E-state index contributed by atoms with van der Waals surface area (Å²) < 4.78 is 31.7. The van der Waals surface area contributed by atoms with Gasteiger partial charge in [0.05, 0.1) is 21.2 Å². The second kappa shape index (κ2) is 9.78. The first-order valence-corrected chi connectivity index (χ1v) is 11.5. The predicted octanol–water partition coefficient (Wildman–Crippen LogP) is 3.96. The van der Waals surface area contributed by atoms with Gasteiger partial charge in [-0.25, -0.2) is 13.2 Å². The summed E-state index contributed by atoms with van der Waals surface area (Å²) in [4.78, 5) is 24.3. The number of carbonyl (C=O) groups excluding carboxylic acids is 2. The van der Waals surface area contributed by atoms with Gasteiger partial charge >= 0.3 is 5.97 Å². The Balaban J connectivity index is 1.58. The number of ether oxygens (including phenoxy) is 1. The highest BCUT2D eigenvalue weighted by molar-refractivity contribution is 7.89. The summed E-state index contributed by atoms with van der Waals surface area (Å²) in [5.41, 5.74) is 0.443. The lowest BCUT2D eigenvalue weighted by molar-refractivity contribution is -0.119. The average molecular weight is 471 g/mol. The molecule has 1 aliphatic rings. The lowest BCUT2D eigenvalue weighted by Crippen LogP contribution is -2.35. The van der Waals surface area contributed by atoms with Crippen LogP contribution < -0.4 is 5.32 Å². The molecule has 1 aliphatic heterocycles. The van der Waals surface area contributed by atoms with E-state index in [1.54, 1.807) is 6.07 Å². The van der Waals surface area contributed by atoms with E-state index in [9.17, 15) is 18.0 Å². The van der Waals surface area contributed by atoms with Crippen molar-refractivity contribution >= 4 is 50.8 Å². The molecule has 0 aromatic heterocycles. The molecule has 0 spiro atoms. The molecule has 1 amide bonds. The van der Waals surface area contributed by atoms with Crippen LogP contribution in [0.2, 0.25) is 10.0 Å². The molecule has 0 aliphatic carbocycles. The van der Waals surface area contributed by atoms with Crippen molar-refractivity contribution in [2.75, 3.05) is 25.0 Å². The minimum Gasteiger partial charge on any atom is -0.452 e. The Morgan fingerprint density at radius 2 is 1.67 bits per heavy atom. The Morgan fingerprint density at radius 3 is 2.33 bits per heavy atom. The van der Waals surface area contributed by atoms with E-state index < -0.39 is 28.5 Å². The zero-order chi connectivity index (χ0) is 21.7. The van der Waals surface area contributed by atoms with Crippen molar-refractivity contribution in [1.29, 1.82) is 0 Å². The molecule has 1 heterocycles. The highest BCUT2D eigenvalue weighted by Gasteiger charge is 2.26. The minimum absolute atomic E-state index is 0.120. The number of anilines is 1. The molecule has 7 nitrogen and oxygen atoms in total. The summed E-state index contributed by atoms with van der Waals surface area (Å²) in [7, 11) is -3.58. The number of nitrogens with one attached hydrogen (secondary N) is 1. The third-order valence-corrected chi connectivity index (χ3v) is 7.06. The first kappa shape index (κ1) is 22.6. The molecule has 1 N–H and O–H groups in total. The Hall–Kier alpha value is -2.13. The summed E-state index contributed by atoms with van der Waals surface area (Å²) in [6.45, 7) is 0.464. The Bertz CT molecular complexity index is 1040. The average Bonchev–Trinajstić information content (AvgIpc) is 2.75. The second-order valence-corrected chi connectivity index (χ2v) is 9.52. The van der Waals surface area contributed by atoms with Crippen LogP contribution >= 0.6 is 23.2 Å². The highest BCUT2D eigenvalue weighted by Crippen LogP contribution is 2.25. The molecule has 2 aromatic rings. The number of sulfonamides is 1. The third kappa shape index (κ3) is 5.51. The van der Waals surface area contributed by atoms with Crippen LogP contribution in [0.3, 0.4) is 0 Å². The summed E-state index contributed by atoms with van der Waals surface area (Å²) in [5, 5.41) is 3.20. The smallest absolute Gasteiger partial charge is 0.338 e. The molecular weight excluding hydrogens is 451 g/mol. The summed E-state index contributed by atoms with van der Waals surface area (Å²) >= 11 is 11.8. The van der Waals surface area contributed by atoms with Gasteiger partial charge in [-0.05, 0) is 55.3 Å². The van der Waals surface area contributed by atoms with Crippen LogP contribution in [-0.4, -0.2) is 44.3 Å². The van der Waals surface area contributed by atoms with Gasteiger partial charge < -0.3 is 10.1 Å². The summed E-state index contributed by atoms with van der Waals surface area (Å²) in [5.74, 6) is -1.33. The number of hydrogen-bond acceptors (Lipinski definition) is 5. The fraction of sp³-hybridized carbons (Fsp3) is 0.300. The van der Waals surface area contributed by atoms with Gasteiger partial charge in [0.25, 0.3) is 5.91 Å². The van der Waals surface area contributed by atoms with E-state index in [2.05, 4.69) is 5.32 Å². The molecule has 160 valence electrons. The maximum absolute atomic E-state index is 12.6. The highest BCUT2D eigenvalue weighted by atomic mass is 35.5. The standard InChI is InChI=1S/C20H20Cl2N2O5S/c21-15-6-9-17(22)18(12-15)23-19(25)13-29-20(26)14-4-7-16(8-5-14)30(27,28)24-10-2-1-3-11-24/h4-9,12H,1-3,10-11,13H2,(H,23,25). The van der Waals surface area contributed by atoms with Gasteiger partial charge in [0.15, 0.2) is 6.61 Å². The largest absolute Gasteiger partial charge is 0.452 e. The molecular formula is C20H20Cl2N2O5S. The number of halogens is 2. The van der Waals surface area contributed by atoms with Crippen molar-refractivity contribution in [1.82, 2.24) is 4.31 Å². The van der Waals surface area contributed by atoms with Gasteiger partial charge in [0, 0.05) is 18.1 Å². The maximum Gasteiger partial charge on any atom is 0.338 e. The first-order chi connectivity index (χ1) is 14.3. The van der Waals surface area contributed by atoms with Gasteiger partial charge in [-0.2, -0.15) is 4.31 Å². The fourth-order valence-corrected chi connectivity index (χ4v) is 4.87. The number of hydrogen-bond donors (Lipinski definition) is 1. The lowest BCUT2D eigenvalue weighted by Gasteiger charge is -2.25. The summed E-state index contributed by atoms with van der Waals surface area (Å²) in [6.07, 6.45) is 2.70. The van der Waals surface area contributed by atoms with Gasteiger partial charge in [0.2, 0.25) is 10.0 Å². The quantitative estimate of drug-likeness (QED) is 0.644. The van der Waals surface area contributed by atoms with Crippen LogP contribution in [0.5, 0.6) is 0 Å². The van der Waals surface area contributed by atoms with Gasteiger partial charge in [-0.15, -0.1) is 0 Å². The number of amides is 1.